The van der Waals surface area contributed by atoms with Crippen molar-refractivity contribution < 1.29 is 14.3 Å². The van der Waals surface area contributed by atoms with Crippen LogP contribution in [0.25, 0.3) is 0 Å². The number of nitrogens with zero attached hydrogens (tertiary/aromatic N) is 3. The molecule has 0 bridgehead atoms. The van der Waals surface area contributed by atoms with Crippen molar-refractivity contribution in [1.29, 1.82) is 0 Å². The summed E-state index contributed by atoms with van der Waals surface area (Å²) in [7, 11) is 0. The zero-order valence-corrected chi connectivity index (χ0v) is 19.6. The number of carbonyl (C=O) groups is 1. The lowest BCUT2D eigenvalue weighted by Crippen LogP contribution is -2.51. The van der Waals surface area contributed by atoms with Gasteiger partial charge in [0.05, 0.1) is 0 Å². The number of fused-ring (bicyclic) bond motifs is 1. The molecule has 1 unspecified atom stereocenters. The van der Waals surface area contributed by atoms with Crippen molar-refractivity contribution in [2.45, 2.75) is 32.2 Å². The second-order valence-corrected chi connectivity index (χ2v) is 9.68. The van der Waals surface area contributed by atoms with E-state index in [1.165, 1.54) is 11.1 Å². The normalized spacial score (nSPS) is 20.7. The average Bonchev–Trinajstić information content (AvgIpc) is 3.33. The lowest BCUT2D eigenvalue weighted by Gasteiger charge is -2.39. The van der Waals surface area contributed by atoms with Crippen molar-refractivity contribution in [2.75, 3.05) is 52.6 Å². The molecule has 0 spiro atoms. The number of hydrogen-bond acceptors (Lipinski definition) is 5. The minimum atomic E-state index is 0.189. The third-order valence-corrected chi connectivity index (χ3v) is 7.36. The second kappa shape index (κ2) is 10.1. The van der Waals surface area contributed by atoms with Crippen LogP contribution in [0, 0.1) is 5.92 Å². The van der Waals surface area contributed by atoms with E-state index in [2.05, 4.69) is 64.1 Å². The monoisotopic (exact) mass is 449 g/mol. The van der Waals surface area contributed by atoms with Crippen molar-refractivity contribution in [3.05, 3.63) is 59.7 Å². The van der Waals surface area contributed by atoms with Crippen LogP contribution in [0.1, 0.15) is 36.8 Å². The zero-order chi connectivity index (χ0) is 22.6. The molecular formula is C27H35N3O3. The van der Waals surface area contributed by atoms with Gasteiger partial charge in [0, 0.05) is 45.2 Å². The molecular weight excluding hydrogens is 414 g/mol. The summed E-state index contributed by atoms with van der Waals surface area (Å²) in [5, 5.41) is 0. The first-order chi connectivity index (χ1) is 16.2. The van der Waals surface area contributed by atoms with E-state index < -0.39 is 0 Å². The van der Waals surface area contributed by atoms with Crippen LogP contribution >= 0.6 is 0 Å². The Morgan fingerprint density at radius 2 is 1.64 bits per heavy atom. The average molecular weight is 450 g/mol. The number of piperazine rings is 1. The Morgan fingerprint density at radius 3 is 2.39 bits per heavy atom. The van der Waals surface area contributed by atoms with Crippen LogP contribution in [0.15, 0.2) is 48.5 Å². The smallest absolute Gasteiger partial charge is 0.231 e. The van der Waals surface area contributed by atoms with Crippen molar-refractivity contribution in [3.8, 4) is 11.5 Å². The summed E-state index contributed by atoms with van der Waals surface area (Å²) in [6.07, 6.45) is 1.97. The third kappa shape index (κ3) is 5.33. The standard InChI is InChI=1S/C27H35N3O3/c1-21(23-5-3-2-4-6-23)18-28-11-9-24(10-12-28)27(31)30-15-13-29(14-16-30)19-22-7-8-25-26(17-22)33-20-32-25/h2-8,17,21,24H,9-16,18-20H2,1H3. The molecule has 3 aliphatic heterocycles. The first kappa shape index (κ1) is 22.2. The molecule has 5 rings (SSSR count). The van der Waals surface area contributed by atoms with E-state index in [1.54, 1.807) is 0 Å². The van der Waals surface area contributed by atoms with Gasteiger partial charge >= 0.3 is 0 Å². The largest absolute Gasteiger partial charge is 0.454 e. The molecule has 0 radical (unpaired) electrons. The lowest BCUT2D eigenvalue weighted by molar-refractivity contribution is -0.139. The molecule has 0 aliphatic carbocycles. The molecule has 1 amide bonds. The predicted octanol–water partition coefficient (Wildman–Crippen LogP) is 3.58. The molecule has 1 atom stereocenters. The summed E-state index contributed by atoms with van der Waals surface area (Å²) in [4.78, 5) is 20.2. The molecule has 0 saturated carbocycles. The number of hydrogen-bond donors (Lipinski definition) is 0. The number of likely N-dealkylation sites (tertiary alicyclic amines) is 1. The number of piperidine rings is 1. The van der Waals surface area contributed by atoms with Gasteiger partial charge in [-0.25, -0.2) is 0 Å². The Kier molecular flexibility index (Phi) is 6.83. The summed E-state index contributed by atoms with van der Waals surface area (Å²) in [6, 6.07) is 16.9. The van der Waals surface area contributed by atoms with Gasteiger partial charge in [-0.05, 0) is 55.1 Å². The molecule has 2 fully saturated rings. The molecule has 6 heteroatoms. The van der Waals surface area contributed by atoms with E-state index in [1.807, 2.05) is 6.07 Å². The third-order valence-electron chi connectivity index (χ3n) is 7.36. The Labute approximate surface area is 197 Å². The zero-order valence-electron chi connectivity index (χ0n) is 19.6. The number of rotatable bonds is 6. The van der Waals surface area contributed by atoms with Gasteiger partial charge in [-0.2, -0.15) is 0 Å². The summed E-state index contributed by atoms with van der Waals surface area (Å²) in [5.41, 5.74) is 2.63. The molecule has 3 aliphatic rings. The van der Waals surface area contributed by atoms with Gasteiger partial charge in [0.2, 0.25) is 12.7 Å². The van der Waals surface area contributed by atoms with E-state index in [-0.39, 0.29) is 5.92 Å². The van der Waals surface area contributed by atoms with Gasteiger partial charge in [-0.15, -0.1) is 0 Å². The van der Waals surface area contributed by atoms with Crippen LogP contribution in [-0.4, -0.2) is 73.2 Å². The fourth-order valence-electron chi connectivity index (χ4n) is 5.32. The van der Waals surface area contributed by atoms with Crippen LogP contribution in [-0.2, 0) is 11.3 Å². The minimum absolute atomic E-state index is 0.189. The van der Waals surface area contributed by atoms with E-state index in [0.29, 0.717) is 18.6 Å². The van der Waals surface area contributed by atoms with Gasteiger partial charge in [0.1, 0.15) is 0 Å². The Hall–Kier alpha value is -2.57. The number of benzene rings is 2. The van der Waals surface area contributed by atoms with E-state index >= 15 is 0 Å². The minimum Gasteiger partial charge on any atom is -0.454 e. The number of ether oxygens (including phenoxy) is 2. The van der Waals surface area contributed by atoms with E-state index in [0.717, 1.165) is 76.7 Å². The van der Waals surface area contributed by atoms with Crippen LogP contribution in [0.4, 0.5) is 0 Å². The quantitative estimate of drug-likeness (QED) is 0.675. The molecule has 3 heterocycles. The highest BCUT2D eigenvalue weighted by molar-refractivity contribution is 5.79. The highest BCUT2D eigenvalue weighted by atomic mass is 16.7. The first-order valence-corrected chi connectivity index (χ1v) is 12.3. The maximum absolute atomic E-state index is 13.2. The molecule has 176 valence electrons. The second-order valence-electron chi connectivity index (χ2n) is 9.68. The number of carbonyl (C=O) groups excluding carboxylic acids is 1. The lowest BCUT2D eigenvalue weighted by atomic mass is 9.93. The van der Waals surface area contributed by atoms with Gasteiger partial charge in [-0.1, -0.05) is 43.3 Å². The molecule has 2 saturated heterocycles. The van der Waals surface area contributed by atoms with Crippen molar-refractivity contribution in [1.82, 2.24) is 14.7 Å². The fourth-order valence-corrected chi connectivity index (χ4v) is 5.32. The molecule has 33 heavy (non-hydrogen) atoms. The molecule has 2 aromatic rings. The highest BCUT2D eigenvalue weighted by Crippen LogP contribution is 2.33. The van der Waals surface area contributed by atoms with Crippen LogP contribution in [0.5, 0.6) is 11.5 Å². The van der Waals surface area contributed by atoms with Gasteiger partial charge < -0.3 is 19.3 Å². The maximum Gasteiger partial charge on any atom is 0.231 e. The predicted molar refractivity (Wildman–Crippen MR) is 128 cm³/mol. The highest BCUT2D eigenvalue weighted by Gasteiger charge is 2.31. The Morgan fingerprint density at radius 1 is 0.909 bits per heavy atom. The van der Waals surface area contributed by atoms with Crippen LogP contribution in [0.2, 0.25) is 0 Å². The topological polar surface area (TPSA) is 45.3 Å². The molecule has 6 nitrogen and oxygen atoms in total. The Balaban J connectivity index is 1.05. The van der Waals surface area contributed by atoms with Crippen LogP contribution < -0.4 is 9.47 Å². The van der Waals surface area contributed by atoms with Crippen molar-refractivity contribution in [3.63, 3.8) is 0 Å². The maximum atomic E-state index is 13.2. The Bertz CT molecular complexity index is 935. The molecule has 0 aromatic heterocycles. The van der Waals surface area contributed by atoms with Crippen molar-refractivity contribution in [2.24, 2.45) is 5.92 Å². The SMILES string of the molecule is CC(CN1CCC(C(=O)N2CCN(Cc3ccc4c(c3)OCO4)CC2)CC1)c1ccccc1. The molecule has 2 aromatic carbocycles. The van der Waals surface area contributed by atoms with Gasteiger partial charge in [-0.3, -0.25) is 9.69 Å². The van der Waals surface area contributed by atoms with Crippen molar-refractivity contribution >= 4 is 5.91 Å². The van der Waals surface area contributed by atoms with Crippen LogP contribution in [0.3, 0.4) is 0 Å². The number of amides is 1. The molecule has 0 N–H and O–H groups in total. The summed E-state index contributed by atoms with van der Waals surface area (Å²) in [6.45, 7) is 10.1. The van der Waals surface area contributed by atoms with E-state index in [9.17, 15) is 4.79 Å². The summed E-state index contributed by atoms with van der Waals surface area (Å²) < 4.78 is 10.9. The van der Waals surface area contributed by atoms with Gasteiger partial charge in [0.25, 0.3) is 0 Å². The first-order valence-electron chi connectivity index (χ1n) is 12.3. The fraction of sp³-hybridized carbons (Fsp3) is 0.519. The van der Waals surface area contributed by atoms with E-state index in [4.69, 9.17) is 9.47 Å². The summed E-state index contributed by atoms with van der Waals surface area (Å²) in [5.74, 6) is 2.75. The van der Waals surface area contributed by atoms with Gasteiger partial charge in [0.15, 0.2) is 11.5 Å². The summed E-state index contributed by atoms with van der Waals surface area (Å²) >= 11 is 0.